The average molecular weight is 435 g/mol. The largest absolute Gasteiger partial charge is 0.492 e. The zero-order valence-electron chi connectivity index (χ0n) is 16.1. The van der Waals surface area contributed by atoms with Gasteiger partial charge in [0.15, 0.2) is 19.7 Å². The number of ether oxygens (including phenoxy) is 2. The van der Waals surface area contributed by atoms with E-state index in [2.05, 4.69) is 4.74 Å². The fourth-order valence-electron chi connectivity index (χ4n) is 3.45. The minimum absolute atomic E-state index is 0.106. The standard InChI is InChI=1S/C17H26N2O7S2/c1-4-5-12-26-13-8-6-7-9-14(13)28(23,24)15-10-11-19(18)17(15,16(20)25-2)27(3,21)22/h6-9,15H,4-5,10-12,18H2,1-3H3. The van der Waals surface area contributed by atoms with E-state index >= 15 is 0 Å². The van der Waals surface area contributed by atoms with Gasteiger partial charge in [0.1, 0.15) is 15.9 Å². The molecular weight excluding hydrogens is 408 g/mol. The number of benzene rings is 1. The van der Waals surface area contributed by atoms with E-state index < -0.39 is 35.8 Å². The third-order valence-electron chi connectivity index (χ3n) is 4.82. The molecule has 9 nitrogen and oxygen atoms in total. The zero-order chi connectivity index (χ0) is 21.2. The number of rotatable bonds is 8. The first-order valence-corrected chi connectivity index (χ1v) is 12.2. The number of nitrogens with two attached hydrogens (primary N) is 1. The SMILES string of the molecule is CCCCOc1ccccc1S(=O)(=O)C1CCN(N)C1(C(=O)OC)S(C)(=O)=O. The van der Waals surface area contributed by atoms with Crippen molar-refractivity contribution in [3.63, 3.8) is 0 Å². The van der Waals surface area contributed by atoms with Gasteiger partial charge in [-0.15, -0.1) is 0 Å². The number of para-hydroxylation sites is 1. The number of unbranched alkanes of at least 4 members (excludes halogenated alkanes) is 1. The first kappa shape index (κ1) is 22.6. The minimum Gasteiger partial charge on any atom is -0.492 e. The number of hydrogen-bond donors (Lipinski definition) is 1. The Morgan fingerprint density at radius 3 is 2.50 bits per heavy atom. The molecule has 0 aromatic heterocycles. The molecular formula is C17H26N2O7S2. The second-order valence-corrected chi connectivity index (χ2v) is 10.9. The summed E-state index contributed by atoms with van der Waals surface area (Å²) in [4.78, 5) is 9.85. The first-order valence-electron chi connectivity index (χ1n) is 8.81. The highest BCUT2D eigenvalue weighted by atomic mass is 32.2. The number of methoxy groups -OCH3 is 1. The fraction of sp³-hybridized carbons (Fsp3) is 0.588. The molecule has 1 aliphatic rings. The summed E-state index contributed by atoms with van der Waals surface area (Å²) in [6.45, 7) is 2.17. The molecule has 2 atom stereocenters. The van der Waals surface area contributed by atoms with Gasteiger partial charge in [0.05, 0.1) is 13.7 Å². The first-order chi connectivity index (χ1) is 13.0. The second-order valence-electron chi connectivity index (χ2n) is 6.62. The molecule has 1 saturated heterocycles. The highest BCUT2D eigenvalue weighted by molar-refractivity contribution is 7.96. The lowest BCUT2D eigenvalue weighted by Crippen LogP contribution is -2.65. The Morgan fingerprint density at radius 2 is 1.93 bits per heavy atom. The van der Waals surface area contributed by atoms with E-state index in [1.54, 1.807) is 6.07 Å². The van der Waals surface area contributed by atoms with Crippen molar-refractivity contribution in [2.75, 3.05) is 26.5 Å². The molecule has 1 aromatic rings. The molecule has 0 radical (unpaired) electrons. The Hall–Kier alpha value is -1.69. The van der Waals surface area contributed by atoms with Gasteiger partial charge >= 0.3 is 5.97 Å². The summed E-state index contributed by atoms with van der Waals surface area (Å²) in [5.41, 5.74) is 0. The quantitative estimate of drug-likeness (QED) is 0.353. The van der Waals surface area contributed by atoms with Gasteiger partial charge in [-0.3, -0.25) is 5.84 Å². The summed E-state index contributed by atoms with van der Waals surface area (Å²) >= 11 is 0. The van der Waals surface area contributed by atoms with Gasteiger partial charge in [-0.1, -0.05) is 25.5 Å². The number of nitrogens with zero attached hydrogens (tertiary/aromatic N) is 1. The van der Waals surface area contributed by atoms with E-state index in [0.717, 1.165) is 31.2 Å². The molecule has 158 valence electrons. The summed E-state index contributed by atoms with van der Waals surface area (Å²) in [7, 11) is -7.61. The number of carbonyl (C=O) groups is 1. The molecule has 0 spiro atoms. The molecule has 1 heterocycles. The Labute approximate surface area is 165 Å². The maximum atomic E-state index is 13.5. The molecule has 0 amide bonds. The van der Waals surface area contributed by atoms with E-state index in [9.17, 15) is 21.6 Å². The van der Waals surface area contributed by atoms with Gasteiger partial charge in [-0.25, -0.2) is 26.6 Å². The van der Waals surface area contributed by atoms with Crippen LogP contribution in [0.15, 0.2) is 29.2 Å². The fourth-order valence-corrected chi connectivity index (χ4v) is 7.90. The Balaban J connectivity index is 2.64. The Kier molecular flexibility index (Phi) is 6.74. The predicted octanol–water partition coefficient (Wildman–Crippen LogP) is 0.501. The van der Waals surface area contributed by atoms with E-state index in [4.69, 9.17) is 10.6 Å². The molecule has 0 aliphatic carbocycles. The van der Waals surface area contributed by atoms with Crippen LogP contribution >= 0.6 is 0 Å². The number of hydrazine groups is 1. The summed E-state index contributed by atoms with van der Waals surface area (Å²) in [6.07, 6.45) is 2.22. The lowest BCUT2D eigenvalue weighted by Gasteiger charge is -2.35. The van der Waals surface area contributed by atoms with Gasteiger partial charge in [0, 0.05) is 12.8 Å². The normalized spacial score (nSPS) is 23.5. The second kappa shape index (κ2) is 8.36. The molecule has 1 aliphatic heterocycles. The topological polar surface area (TPSA) is 133 Å². The van der Waals surface area contributed by atoms with Crippen molar-refractivity contribution < 1.29 is 31.1 Å². The van der Waals surface area contributed by atoms with Crippen molar-refractivity contribution in [3.05, 3.63) is 24.3 Å². The van der Waals surface area contributed by atoms with Gasteiger partial charge in [0.2, 0.25) is 0 Å². The van der Waals surface area contributed by atoms with E-state index in [0.29, 0.717) is 6.61 Å². The van der Waals surface area contributed by atoms with E-state index in [-0.39, 0.29) is 23.6 Å². The Morgan fingerprint density at radius 1 is 1.29 bits per heavy atom. The number of esters is 1. The number of sulfone groups is 2. The third-order valence-corrected chi connectivity index (χ3v) is 9.07. The average Bonchev–Trinajstić information content (AvgIpc) is 3.00. The zero-order valence-corrected chi connectivity index (χ0v) is 17.8. The number of carbonyl (C=O) groups excluding carboxylic acids is 1. The monoisotopic (exact) mass is 434 g/mol. The summed E-state index contributed by atoms with van der Waals surface area (Å²) < 4.78 is 62.5. The molecule has 2 unspecified atom stereocenters. The van der Waals surface area contributed by atoms with Crippen LogP contribution in [-0.4, -0.2) is 64.5 Å². The molecule has 0 bridgehead atoms. The van der Waals surface area contributed by atoms with Gasteiger partial charge < -0.3 is 9.47 Å². The van der Waals surface area contributed by atoms with Crippen molar-refractivity contribution in [2.24, 2.45) is 5.84 Å². The van der Waals surface area contributed by atoms with Crippen LogP contribution in [0.3, 0.4) is 0 Å². The lowest BCUT2D eigenvalue weighted by molar-refractivity contribution is -0.148. The molecule has 0 saturated carbocycles. The van der Waals surface area contributed by atoms with Crippen molar-refractivity contribution in [3.8, 4) is 5.75 Å². The highest BCUT2D eigenvalue weighted by Gasteiger charge is 2.67. The predicted molar refractivity (Wildman–Crippen MR) is 103 cm³/mol. The minimum atomic E-state index is -4.31. The third kappa shape index (κ3) is 3.63. The van der Waals surface area contributed by atoms with Crippen molar-refractivity contribution in [1.29, 1.82) is 0 Å². The molecule has 28 heavy (non-hydrogen) atoms. The van der Waals surface area contributed by atoms with Crippen LogP contribution in [0.5, 0.6) is 5.75 Å². The summed E-state index contributed by atoms with van der Waals surface area (Å²) in [6, 6.07) is 5.96. The van der Waals surface area contributed by atoms with Crippen LogP contribution in [-0.2, 0) is 29.2 Å². The highest BCUT2D eigenvalue weighted by Crippen LogP contribution is 2.42. The van der Waals surface area contributed by atoms with Crippen LogP contribution in [0.2, 0.25) is 0 Å². The lowest BCUT2D eigenvalue weighted by atomic mass is 10.2. The van der Waals surface area contributed by atoms with Crippen LogP contribution in [0, 0.1) is 0 Å². The smallest absolute Gasteiger partial charge is 0.344 e. The van der Waals surface area contributed by atoms with Crippen LogP contribution in [0.25, 0.3) is 0 Å². The molecule has 2 N–H and O–H groups in total. The molecule has 11 heteroatoms. The van der Waals surface area contributed by atoms with Crippen molar-refractivity contribution in [1.82, 2.24) is 5.01 Å². The van der Waals surface area contributed by atoms with Crippen molar-refractivity contribution >= 4 is 25.6 Å². The van der Waals surface area contributed by atoms with Crippen LogP contribution in [0.4, 0.5) is 0 Å². The van der Waals surface area contributed by atoms with Gasteiger partial charge in [-0.2, -0.15) is 0 Å². The van der Waals surface area contributed by atoms with Gasteiger partial charge in [0.25, 0.3) is 4.87 Å². The summed E-state index contributed by atoms with van der Waals surface area (Å²) in [5, 5.41) is -0.889. The van der Waals surface area contributed by atoms with Gasteiger partial charge in [-0.05, 0) is 25.0 Å². The Bertz CT molecular complexity index is 931. The van der Waals surface area contributed by atoms with Crippen molar-refractivity contribution in [2.45, 2.75) is 41.2 Å². The molecule has 1 fully saturated rings. The number of hydrogen-bond acceptors (Lipinski definition) is 9. The van der Waals surface area contributed by atoms with E-state index in [1.165, 1.54) is 18.2 Å². The molecule has 2 rings (SSSR count). The van der Waals surface area contributed by atoms with Crippen LogP contribution < -0.4 is 10.6 Å². The summed E-state index contributed by atoms with van der Waals surface area (Å²) in [5.74, 6) is 4.72. The van der Waals surface area contributed by atoms with Crippen LogP contribution in [0.1, 0.15) is 26.2 Å². The maximum Gasteiger partial charge on any atom is 0.344 e. The molecule has 1 aromatic carbocycles. The van der Waals surface area contributed by atoms with E-state index in [1.807, 2.05) is 6.92 Å². The maximum absolute atomic E-state index is 13.5.